The van der Waals surface area contributed by atoms with Gasteiger partial charge >= 0.3 is 0 Å². The lowest BCUT2D eigenvalue weighted by atomic mass is 10.2. The molecule has 0 bridgehead atoms. The van der Waals surface area contributed by atoms with Gasteiger partial charge in [0, 0.05) is 6.16 Å². The van der Waals surface area contributed by atoms with Crippen LogP contribution >= 0.6 is 7.34 Å². The second-order valence-electron chi connectivity index (χ2n) is 5.31. The lowest BCUT2D eigenvalue weighted by molar-refractivity contribution is 0.475. The molecular weight excluding hydrogens is 335 g/mol. The van der Waals surface area contributed by atoms with Gasteiger partial charge in [-0.3, -0.25) is 4.55 Å². The van der Waals surface area contributed by atoms with Crippen LogP contribution in [0.2, 0.25) is 0 Å². The molecule has 0 radical (unpaired) electrons. The number of hydrogen-bond donors (Lipinski definition) is 3. The van der Waals surface area contributed by atoms with Crippen LogP contribution < -0.4 is 0 Å². The first-order valence-corrected chi connectivity index (χ1v) is 10.3. The van der Waals surface area contributed by atoms with Crippen LogP contribution in [0.1, 0.15) is 16.7 Å². The Morgan fingerprint density at radius 1 is 0.913 bits per heavy atom. The standard InChI is InChI=1S/C9H13O2P.C7H8O3S/c1-8-3-5-9(6-4-8)7-12(2,10)11;1-6-2-4-7(5-3-6)11(8,9)10/h3-6,10-11H,2,7H2,1H3;2-5H,1H3,(H,8,9,10). The number of benzene rings is 2. The Morgan fingerprint density at radius 2 is 1.30 bits per heavy atom. The molecule has 0 saturated heterocycles. The van der Waals surface area contributed by atoms with Gasteiger partial charge in [0.2, 0.25) is 0 Å². The lowest BCUT2D eigenvalue weighted by Gasteiger charge is -2.09. The quantitative estimate of drug-likeness (QED) is 0.580. The highest BCUT2D eigenvalue weighted by atomic mass is 32.2. The van der Waals surface area contributed by atoms with Crippen LogP contribution in [-0.2, 0) is 16.3 Å². The minimum Gasteiger partial charge on any atom is -0.353 e. The maximum Gasteiger partial charge on any atom is 0.294 e. The normalized spacial score (nSPS) is 11.5. The molecule has 0 amide bonds. The molecule has 0 aliphatic rings. The Hall–Kier alpha value is -1.43. The summed E-state index contributed by atoms with van der Waals surface area (Å²) in [6, 6.07) is 13.7. The predicted octanol–water partition coefficient (Wildman–Crippen LogP) is 3.00. The Morgan fingerprint density at radius 3 is 1.65 bits per heavy atom. The average Bonchev–Trinajstić information content (AvgIpc) is 2.40. The topological polar surface area (TPSA) is 94.8 Å². The summed E-state index contributed by atoms with van der Waals surface area (Å²) in [6.45, 7) is 3.84. The van der Waals surface area contributed by atoms with Gasteiger partial charge in [-0.2, -0.15) is 8.42 Å². The van der Waals surface area contributed by atoms with Crippen LogP contribution in [0.4, 0.5) is 0 Å². The SMILES string of the molecule is C=P(O)(O)Cc1ccc(C)cc1.Cc1ccc(S(=O)(=O)O)cc1. The van der Waals surface area contributed by atoms with Crippen molar-refractivity contribution in [2.75, 3.05) is 0 Å². The predicted molar refractivity (Wildman–Crippen MR) is 94.4 cm³/mol. The van der Waals surface area contributed by atoms with E-state index in [0.717, 1.165) is 11.1 Å². The van der Waals surface area contributed by atoms with Crippen molar-refractivity contribution in [3.05, 3.63) is 65.2 Å². The molecule has 2 aromatic carbocycles. The van der Waals surface area contributed by atoms with Crippen LogP contribution in [-0.4, -0.2) is 29.1 Å². The van der Waals surface area contributed by atoms with Crippen LogP contribution in [0, 0.1) is 13.8 Å². The Bertz CT molecular complexity index is 774. The van der Waals surface area contributed by atoms with Gasteiger partial charge in [-0.05, 0) is 31.5 Å². The van der Waals surface area contributed by atoms with E-state index in [4.69, 9.17) is 14.3 Å². The Labute approximate surface area is 137 Å². The Kier molecular flexibility index (Phi) is 6.74. The molecule has 0 unspecified atom stereocenters. The molecule has 2 aromatic rings. The van der Waals surface area contributed by atoms with E-state index in [1.807, 2.05) is 38.1 Å². The molecule has 2 rings (SSSR count). The third-order valence-corrected chi connectivity index (χ3v) is 4.61. The van der Waals surface area contributed by atoms with Crippen molar-refractivity contribution in [3.8, 4) is 0 Å². The van der Waals surface area contributed by atoms with E-state index in [2.05, 4.69) is 6.30 Å². The third kappa shape index (κ3) is 8.11. The van der Waals surface area contributed by atoms with Crippen LogP contribution in [0.5, 0.6) is 0 Å². The van der Waals surface area contributed by atoms with Crippen molar-refractivity contribution in [2.24, 2.45) is 0 Å². The minimum atomic E-state index is -4.02. The van der Waals surface area contributed by atoms with Gasteiger partial charge < -0.3 is 9.79 Å². The smallest absolute Gasteiger partial charge is 0.294 e. The monoisotopic (exact) mass is 356 g/mol. The molecular formula is C16H21O5PS. The van der Waals surface area contributed by atoms with E-state index < -0.39 is 17.5 Å². The average molecular weight is 356 g/mol. The van der Waals surface area contributed by atoms with E-state index >= 15 is 0 Å². The highest BCUT2D eigenvalue weighted by Crippen LogP contribution is 2.38. The van der Waals surface area contributed by atoms with Gasteiger partial charge in [0.25, 0.3) is 10.1 Å². The molecule has 5 nitrogen and oxygen atoms in total. The highest BCUT2D eigenvalue weighted by molar-refractivity contribution is 7.85. The zero-order chi connectivity index (χ0) is 17.7. The van der Waals surface area contributed by atoms with Crippen molar-refractivity contribution < 1.29 is 22.8 Å². The fourth-order valence-electron chi connectivity index (χ4n) is 1.70. The van der Waals surface area contributed by atoms with Gasteiger partial charge in [-0.1, -0.05) is 53.8 Å². The summed E-state index contributed by atoms with van der Waals surface area (Å²) in [7, 11) is -6.92. The van der Waals surface area contributed by atoms with Crippen molar-refractivity contribution in [3.63, 3.8) is 0 Å². The van der Waals surface area contributed by atoms with Gasteiger partial charge in [-0.25, -0.2) is 0 Å². The fraction of sp³-hybridized carbons (Fsp3) is 0.188. The summed E-state index contributed by atoms with van der Waals surface area (Å²) in [6.07, 6.45) is 3.58. The van der Waals surface area contributed by atoms with Gasteiger partial charge in [0.05, 0.1) is 4.90 Å². The molecule has 0 aliphatic heterocycles. The van der Waals surface area contributed by atoms with Crippen molar-refractivity contribution in [1.82, 2.24) is 0 Å². The largest absolute Gasteiger partial charge is 0.353 e. The zero-order valence-electron chi connectivity index (χ0n) is 13.0. The molecule has 126 valence electrons. The van der Waals surface area contributed by atoms with E-state index in [-0.39, 0.29) is 11.1 Å². The van der Waals surface area contributed by atoms with Gasteiger partial charge in [-0.15, -0.1) is 0 Å². The van der Waals surface area contributed by atoms with Gasteiger partial charge in [0.15, 0.2) is 0 Å². The highest BCUT2D eigenvalue weighted by Gasteiger charge is 2.07. The summed E-state index contributed by atoms with van der Waals surface area (Å²) in [5.74, 6) is 0. The molecule has 0 aromatic heterocycles. The minimum absolute atomic E-state index is 0.0666. The molecule has 0 aliphatic carbocycles. The molecule has 0 fully saturated rings. The third-order valence-electron chi connectivity index (χ3n) is 2.88. The van der Waals surface area contributed by atoms with Crippen LogP contribution in [0.25, 0.3) is 0 Å². The summed E-state index contributed by atoms with van der Waals surface area (Å²) >= 11 is 0. The van der Waals surface area contributed by atoms with Crippen molar-refractivity contribution >= 4 is 23.8 Å². The molecule has 3 N–H and O–H groups in total. The molecule has 0 spiro atoms. The summed E-state index contributed by atoms with van der Waals surface area (Å²) in [5.41, 5.74) is 3.05. The van der Waals surface area contributed by atoms with Crippen LogP contribution in [0.15, 0.2) is 53.4 Å². The zero-order valence-corrected chi connectivity index (χ0v) is 14.8. The molecule has 0 atom stereocenters. The summed E-state index contributed by atoms with van der Waals surface area (Å²) in [5, 5.41) is 0. The Balaban J connectivity index is 0.000000231. The van der Waals surface area contributed by atoms with Gasteiger partial charge in [0.1, 0.15) is 7.34 Å². The van der Waals surface area contributed by atoms with E-state index in [9.17, 15) is 8.42 Å². The molecule has 7 heteroatoms. The van der Waals surface area contributed by atoms with Crippen molar-refractivity contribution in [2.45, 2.75) is 24.9 Å². The maximum absolute atomic E-state index is 10.5. The van der Waals surface area contributed by atoms with Crippen LogP contribution in [0.3, 0.4) is 0 Å². The van der Waals surface area contributed by atoms with E-state index in [1.165, 1.54) is 17.7 Å². The second-order valence-corrected chi connectivity index (χ2v) is 8.81. The fourth-order valence-corrected chi connectivity index (χ4v) is 2.97. The summed E-state index contributed by atoms with van der Waals surface area (Å²) < 4.78 is 29.6. The first-order chi connectivity index (χ1) is 10.5. The number of aryl methyl sites for hydroxylation is 2. The number of hydrogen-bond acceptors (Lipinski definition) is 4. The number of rotatable bonds is 3. The van der Waals surface area contributed by atoms with E-state index in [1.54, 1.807) is 12.1 Å². The second kappa shape index (κ2) is 7.90. The first-order valence-electron chi connectivity index (χ1n) is 6.75. The first kappa shape index (κ1) is 19.6. The molecule has 0 heterocycles. The molecule has 23 heavy (non-hydrogen) atoms. The summed E-state index contributed by atoms with van der Waals surface area (Å²) in [4.78, 5) is 18.1. The lowest BCUT2D eigenvalue weighted by Crippen LogP contribution is -1.96. The maximum atomic E-state index is 10.5. The van der Waals surface area contributed by atoms with E-state index in [0.29, 0.717) is 0 Å². The molecule has 0 saturated carbocycles. The van der Waals surface area contributed by atoms with Crippen molar-refractivity contribution in [1.29, 1.82) is 0 Å².